The number of nitrogens with one attached hydrogen (secondary N) is 2. The molecule has 22 heavy (non-hydrogen) atoms. The molecule has 6 nitrogen and oxygen atoms in total. The molecule has 3 N–H and O–H groups in total. The fraction of sp³-hybridized carbons (Fsp3) is 0.867. The Morgan fingerprint density at radius 1 is 1.27 bits per heavy atom. The quantitative estimate of drug-likeness (QED) is 0.190. The van der Waals surface area contributed by atoms with E-state index in [1.54, 1.807) is 0 Å². The number of methoxy groups -OCH3 is 1. The van der Waals surface area contributed by atoms with Crippen LogP contribution in [0.4, 0.5) is 0 Å². The van der Waals surface area contributed by atoms with Crippen LogP contribution in [-0.4, -0.2) is 49.4 Å². The summed E-state index contributed by atoms with van der Waals surface area (Å²) in [5, 5.41) is 16.2. The molecule has 0 heterocycles. The number of ether oxygens (including phenoxy) is 1. The first-order valence-electron chi connectivity index (χ1n) is 7.95. The lowest BCUT2D eigenvalue weighted by molar-refractivity contribution is -0.140. The first-order chi connectivity index (χ1) is 10.2. The van der Waals surface area contributed by atoms with E-state index in [1.165, 1.54) is 7.11 Å². The van der Waals surface area contributed by atoms with Gasteiger partial charge in [0.05, 0.1) is 13.2 Å². The van der Waals surface area contributed by atoms with E-state index >= 15 is 0 Å². The van der Waals surface area contributed by atoms with Gasteiger partial charge in [0.25, 0.3) is 0 Å². The smallest absolute Gasteiger partial charge is 0.305 e. The molecular weight excluding hydrogens is 397 g/mol. The highest BCUT2D eigenvalue weighted by Crippen LogP contribution is 2.18. The second-order valence-electron chi connectivity index (χ2n) is 5.44. The van der Waals surface area contributed by atoms with Crippen LogP contribution in [0.25, 0.3) is 0 Å². The van der Waals surface area contributed by atoms with Crippen LogP contribution >= 0.6 is 24.0 Å². The SMILES string of the molecule is CCNC(=NCCCCC(=O)OC)NC1CCC(O)CC1.I. The van der Waals surface area contributed by atoms with Gasteiger partial charge in [-0.15, -0.1) is 24.0 Å². The monoisotopic (exact) mass is 427 g/mol. The second kappa shape index (κ2) is 12.9. The zero-order chi connectivity index (χ0) is 15.5. The molecule has 0 amide bonds. The van der Waals surface area contributed by atoms with Crippen LogP contribution < -0.4 is 10.6 Å². The number of aliphatic hydroxyl groups excluding tert-OH is 1. The Morgan fingerprint density at radius 3 is 2.55 bits per heavy atom. The number of nitrogens with zero attached hydrogens (tertiary/aromatic N) is 1. The van der Waals surface area contributed by atoms with E-state index in [0.717, 1.165) is 51.0 Å². The number of rotatable bonds is 7. The third kappa shape index (κ3) is 9.45. The minimum atomic E-state index is -0.162. The highest BCUT2D eigenvalue weighted by Gasteiger charge is 2.19. The van der Waals surface area contributed by atoms with Crippen LogP contribution in [0.5, 0.6) is 0 Å². The van der Waals surface area contributed by atoms with E-state index < -0.39 is 0 Å². The van der Waals surface area contributed by atoms with Crippen LogP contribution in [0.3, 0.4) is 0 Å². The minimum Gasteiger partial charge on any atom is -0.469 e. The Kier molecular flexibility index (Phi) is 12.6. The summed E-state index contributed by atoms with van der Waals surface area (Å²) in [5.74, 6) is 0.668. The third-order valence-corrected chi connectivity index (χ3v) is 3.67. The molecule has 0 aliphatic heterocycles. The molecule has 1 rings (SSSR count). The van der Waals surface area contributed by atoms with Gasteiger partial charge in [0.1, 0.15) is 0 Å². The summed E-state index contributed by atoms with van der Waals surface area (Å²) in [6, 6.07) is 0.390. The number of aliphatic imine (C=N–C) groups is 1. The van der Waals surface area contributed by atoms with Crippen molar-refractivity contribution in [1.82, 2.24) is 10.6 Å². The molecule has 1 fully saturated rings. The molecule has 0 bridgehead atoms. The molecule has 130 valence electrons. The number of unbranched alkanes of at least 4 members (excludes halogenated alkanes) is 1. The van der Waals surface area contributed by atoms with Crippen molar-refractivity contribution in [1.29, 1.82) is 0 Å². The molecule has 0 aromatic heterocycles. The normalized spacial score (nSPS) is 21.7. The Labute approximate surface area is 150 Å². The third-order valence-electron chi connectivity index (χ3n) is 3.67. The van der Waals surface area contributed by atoms with E-state index in [2.05, 4.69) is 20.4 Å². The maximum atomic E-state index is 11.0. The molecule has 1 aliphatic rings. The van der Waals surface area contributed by atoms with Crippen molar-refractivity contribution < 1.29 is 14.6 Å². The first-order valence-corrected chi connectivity index (χ1v) is 7.95. The maximum Gasteiger partial charge on any atom is 0.305 e. The second-order valence-corrected chi connectivity index (χ2v) is 5.44. The molecule has 1 aliphatic carbocycles. The van der Waals surface area contributed by atoms with Gasteiger partial charge in [-0.1, -0.05) is 0 Å². The largest absolute Gasteiger partial charge is 0.469 e. The summed E-state index contributed by atoms with van der Waals surface area (Å²) < 4.78 is 4.61. The van der Waals surface area contributed by atoms with Crippen molar-refractivity contribution in [2.45, 2.75) is 64.0 Å². The van der Waals surface area contributed by atoms with Gasteiger partial charge in [0, 0.05) is 25.6 Å². The number of halogens is 1. The first kappa shape index (κ1) is 21.4. The minimum absolute atomic E-state index is 0. The maximum absolute atomic E-state index is 11.0. The van der Waals surface area contributed by atoms with E-state index in [0.29, 0.717) is 19.0 Å². The number of carbonyl (C=O) groups excluding carboxylic acids is 1. The van der Waals surface area contributed by atoms with Crippen molar-refractivity contribution in [3.63, 3.8) is 0 Å². The molecular formula is C15H30IN3O3. The number of esters is 1. The van der Waals surface area contributed by atoms with Gasteiger partial charge in [0.15, 0.2) is 5.96 Å². The van der Waals surface area contributed by atoms with Gasteiger partial charge in [-0.3, -0.25) is 9.79 Å². The lowest BCUT2D eigenvalue weighted by Crippen LogP contribution is -2.45. The topological polar surface area (TPSA) is 83.0 Å². The van der Waals surface area contributed by atoms with Gasteiger partial charge in [-0.25, -0.2) is 0 Å². The van der Waals surface area contributed by atoms with Crippen LogP contribution in [0, 0.1) is 0 Å². The van der Waals surface area contributed by atoms with Gasteiger partial charge in [-0.05, 0) is 45.4 Å². The number of guanidine groups is 1. The van der Waals surface area contributed by atoms with E-state index in [-0.39, 0.29) is 36.0 Å². The van der Waals surface area contributed by atoms with Crippen molar-refractivity contribution in [3.05, 3.63) is 0 Å². The summed E-state index contributed by atoms with van der Waals surface area (Å²) in [4.78, 5) is 15.5. The van der Waals surface area contributed by atoms with Gasteiger partial charge in [0.2, 0.25) is 0 Å². The van der Waals surface area contributed by atoms with Gasteiger partial charge in [-0.2, -0.15) is 0 Å². The summed E-state index contributed by atoms with van der Waals surface area (Å²) in [7, 11) is 1.41. The van der Waals surface area contributed by atoms with Crippen molar-refractivity contribution in [3.8, 4) is 0 Å². The Balaban J connectivity index is 0.00000441. The summed E-state index contributed by atoms with van der Waals surface area (Å²) in [6.45, 7) is 3.56. The molecule has 0 radical (unpaired) electrons. The van der Waals surface area contributed by atoms with Gasteiger partial charge >= 0.3 is 5.97 Å². The highest BCUT2D eigenvalue weighted by atomic mass is 127. The summed E-state index contributed by atoms with van der Waals surface area (Å²) in [5.41, 5.74) is 0. The van der Waals surface area contributed by atoms with E-state index in [4.69, 9.17) is 0 Å². The molecule has 1 saturated carbocycles. The number of hydrogen-bond acceptors (Lipinski definition) is 4. The lowest BCUT2D eigenvalue weighted by Gasteiger charge is -2.27. The highest BCUT2D eigenvalue weighted by molar-refractivity contribution is 14.0. The molecule has 0 spiro atoms. The van der Waals surface area contributed by atoms with Crippen LogP contribution in [0.15, 0.2) is 4.99 Å². The van der Waals surface area contributed by atoms with Gasteiger partial charge < -0.3 is 20.5 Å². The average molecular weight is 427 g/mol. The van der Waals surface area contributed by atoms with Crippen molar-refractivity contribution >= 4 is 35.9 Å². The summed E-state index contributed by atoms with van der Waals surface area (Å²) in [6.07, 6.45) is 5.66. The zero-order valence-corrected chi connectivity index (χ0v) is 16.0. The predicted molar refractivity (Wildman–Crippen MR) is 98.7 cm³/mol. The fourth-order valence-electron chi connectivity index (χ4n) is 2.41. The Morgan fingerprint density at radius 2 is 1.95 bits per heavy atom. The van der Waals surface area contributed by atoms with E-state index in [1.807, 2.05) is 6.92 Å². The van der Waals surface area contributed by atoms with Crippen molar-refractivity contribution in [2.75, 3.05) is 20.2 Å². The summed E-state index contributed by atoms with van der Waals surface area (Å²) >= 11 is 0. The molecule has 0 aromatic carbocycles. The lowest BCUT2D eigenvalue weighted by atomic mass is 9.93. The standard InChI is InChI=1S/C15H29N3O3.HI/c1-3-16-15(17-11-5-4-6-14(20)21-2)18-12-7-9-13(19)10-8-12;/h12-13,19H,3-11H2,1-2H3,(H2,16,17,18);1H. The van der Waals surface area contributed by atoms with E-state index in [9.17, 15) is 9.90 Å². The molecule has 0 atom stereocenters. The fourth-order valence-corrected chi connectivity index (χ4v) is 2.41. The molecule has 0 unspecified atom stereocenters. The van der Waals surface area contributed by atoms with Crippen molar-refractivity contribution in [2.24, 2.45) is 4.99 Å². The Hall–Kier alpha value is -0.570. The van der Waals surface area contributed by atoms with Crippen LogP contribution in [0.2, 0.25) is 0 Å². The predicted octanol–water partition coefficient (Wildman–Crippen LogP) is 1.81. The number of carbonyl (C=O) groups is 1. The zero-order valence-electron chi connectivity index (χ0n) is 13.6. The average Bonchev–Trinajstić information content (AvgIpc) is 2.49. The molecule has 0 aromatic rings. The number of aliphatic hydroxyl groups is 1. The Bertz CT molecular complexity index is 332. The van der Waals surface area contributed by atoms with Crippen LogP contribution in [-0.2, 0) is 9.53 Å². The number of hydrogen-bond donors (Lipinski definition) is 3. The molecule has 7 heteroatoms. The molecule has 0 saturated heterocycles. The van der Waals surface area contributed by atoms with Crippen LogP contribution in [0.1, 0.15) is 51.9 Å².